The standard InChI is InChI=1S/C31H33F2N5O4S.2H2/c1-42-43(2,3)18-35-14-20-9-27(28(39)36-15-20)29(40)37-24-11-22(21-5-6-21)10-23(12-24)25-7-4-19(13-34)8-26(25)30(41)38-16-31(32,33)17-38;;/h4,7-12,15,21,35H,5-6,14,16-18H2,1-3H3,(H,36,39)(H,37,40);2*1H. The Hall–Kier alpha value is -4.05. The van der Waals surface area contributed by atoms with Crippen LogP contribution in [0.3, 0.4) is 0 Å². The van der Waals surface area contributed by atoms with E-state index in [2.05, 4.69) is 15.6 Å². The number of rotatable bonds is 10. The van der Waals surface area contributed by atoms with Crippen LogP contribution in [0.4, 0.5) is 14.5 Å². The molecule has 3 aromatic rings. The van der Waals surface area contributed by atoms with E-state index in [9.17, 15) is 28.4 Å². The predicted octanol–water partition coefficient (Wildman–Crippen LogP) is 5.30. The molecule has 1 aromatic heterocycles. The lowest BCUT2D eigenvalue weighted by atomic mass is 9.93. The largest absolute Gasteiger partial charge is 0.339 e. The van der Waals surface area contributed by atoms with Crippen LogP contribution in [-0.2, 0) is 10.7 Å². The number of carbonyl (C=O) groups excluding carboxylic acids is 2. The number of halogens is 2. The number of nitrogens with zero attached hydrogens (tertiary/aromatic N) is 2. The summed E-state index contributed by atoms with van der Waals surface area (Å²) in [5, 5.41) is 15.6. The number of likely N-dealkylation sites (tertiary alicyclic amines) is 1. The lowest BCUT2D eigenvalue weighted by molar-refractivity contribution is -0.113. The molecule has 1 aliphatic carbocycles. The topological polar surface area (TPSA) is 127 Å². The van der Waals surface area contributed by atoms with Gasteiger partial charge in [0, 0.05) is 39.8 Å². The number of amides is 2. The first kappa shape index (κ1) is 30.4. The number of aromatic amines is 1. The molecule has 0 spiro atoms. The number of alkyl halides is 2. The van der Waals surface area contributed by atoms with Crippen LogP contribution in [0.1, 0.15) is 59.0 Å². The lowest BCUT2D eigenvalue weighted by Gasteiger charge is -2.39. The van der Waals surface area contributed by atoms with Gasteiger partial charge in [0.15, 0.2) is 0 Å². The highest BCUT2D eigenvalue weighted by atomic mass is 32.3. The second kappa shape index (κ2) is 11.9. The Kier molecular flexibility index (Phi) is 8.42. The molecule has 12 heteroatoms. The van der Waals surface area contributed by atoms with Gasteiger partial charge in [-0.25, -0.2) is 8.78 Å². The first-order valence-electron chi connectivity index (χ1n) is 13.7. The molecule has 43 heavy (non-hydrogen) atoms. The number of anilines is 1. The van der Waals surface area contributed by atoms with Gasteiger partial charge in [0.1, 0.15) is 5.56 Å². The fourth-order valence-corrected chi connectivity index (χ4v) is 5.61. The molecule has 0 unspecified atom stereocenters. The van der Waals surface area contributed by atoms with Crippen molar-refractivity contribution in [1.82, 2.24) is 15.2 Å². The molecule has 0 atom stereocenters. The Morgan fingerprint density at radius 3 is 2.56 bits per heavy atom. The lowest BCUT2D eigenvalue weighted by Crippen LogP contribution is -2.58. The fourth-order valence-electron chi connectivity index (χ4n) is 4.90. The molecule has 9 nitrogen and oxygen atoms in total. The number of carbonyl (C=O) groups is 2. The number of nitriles is 1. The minimum Gasteiger partial charge on any atom is -0.339 e. The Morgan fingerprint density at radius 2 is 1.91 bits per heavy atom. The Morgan fingerprint density at radius 1 is 1.16 bits per heavy atom. The van der Waals surface area contributed by atoms with Crippen molar-refractivity contribution in [2.45, 2.75) is 31.2 Å². The van der Waals surface area contributed by atoms with Gasteiger partial charge in [0.05, 0.1) is 24.7 Å². The maximum Gasteiger partial charge on any atom is 0.282 e. The van der Waals surface area contributed by atoms with E-state index in [0.29, 0.717) is 29.2 Å². The van der Waals surface area contributed by atoms with E-state index in [1.807, 2.05) is 30.7 Å². The maximum atomic E-state index is 13.6. The highest BCUT2D eigenvalue weighted by Crippen LogP contribution is 2.43. The summed E-state index contributed by atoms with van der Waals surface area (Å²) in [6.45, 7) is -0.934. The summed E-state index contributed by atoms with van der Waals surface area (Å²) < 4.78 is 32.6. The first-order chi connectivity index (χ1) is 20.4. The second-order valence-electron chi connectivity index (χ2n) is 11.4. The summed E-state index contributed by atoms with van der Waals surface area (Å²) in [4.78, 5) is 42.9. The Labute approximate surface area is 252 Å². The molecule has 5 rings (SSSR count). The molecule has 1 saturated heterocycles. The average Bonchev–Trinajstić information content (AvgIpc) is 3.81. The van der Waals surface area contributed by atoms with Crippen LogP contribution in [0.15, 0.2) is 53.5 Å². The van der Waals surface area contributed by atoms with Gasteiger partial charge in [0.25, 0.3) is 23.3 Å². The number of aromatic nitrogens is 1. The van der Waals surface area contributed by atoms with Gasteiger partial charge in [-0.3, -0.25) is 14.4 Å². The number of benzene rings is 2. The zero-order valence-corrected chi connectivity index (χ0v) is 24.9. The Balaban J connectivity index is 0.00000276. The molecular formula is C31H37F2N5O4S. The summed E-state index contributed by atoms with van der Waals surface area (Å²) in [5.41, 5.74) is 2.93. The van der Waals surface area contributed by atoms with Crippen LogP contribution in [0.25, 0.3) is 11.1 Å². The molecule has 2 amide bonds. The van der Waals surface area contributed by atoms with Crippen molar-refractivity contribution >= 4 is 27.8 Å². The van der Waals surface area contributed by atoms with Gasteiger partial charge >= 0.3 is 0 Å². The van der Waals surface area contributed by atoms with Crippen LogP contribution >= 0.6 is 10.3 Å². The summed E-state index contributed by atoms with van der Waals surface area (Å²) >= 11 is 0. The highest BCUT2D eigenvalue weighted by molar-refractivity contribution is 8.28. The zero-order chi connectivity index (χ0) is 30.9. The molecule has 230 valence electrons. The quantitative estimate of drug-likeness (QED) is 0.285. The third-order valence-corrected chi connectivity index (χ3v) is 9.32. The minimum atomic E-state index is -2.93. The number of nitrogens with one attached hydrogen (secondary N) is 3. The van der Waals surface area contributed by atoms with Crippen molar-refractivity contribution in [3.05, 3.63) is 86.8 Å². The summed E-state index contributed by atoms with van der Waals surface area (Å²) in [6.07, 6.45) is 7.54. The average molecular weight is 614 g/mol. The van der Waals surface area contributed by atoms with Gasteiger partial charge in [-0.2, -0.15) is 5.26 Å². The molecule has 0 bridgehead atoms. The molecule has 2 aliphatic rings. The van der Waals surface area contributed by atoms with Crippen molar-refractivity contribution < 1.29 is 25.4 Å². The molecule has 1 saturated carbocycles. The maximum absolute atomic E-state index is 13.6. The molecule has 3 N–H and O–H groups in total. The van der Waals surface area contributed by atoms with Crippen LogP contribution in [0.5, 0.6) is 0 Å². The van der Waals surface area contributed by atoms with E-state index in [4.69, 9.17) is 4.18 Å². The van der Waals surface area contributed by atoms with Crippen molar-refractivity contribution in [1.29, 1.82) is 5.26 Å². The predicted molar refractivity (Wildman–Crippen MR) is 167 cm³/mol. The second-order valence-corrected chi connectivity index (χ2v) is 14.9. The molecule has 2 heterocycles. The number of hydrogen-bond donors (Lipinski definition) is 3. The minimum absolute atomic E-state index is 0. The van der Waals surface area contributed by atoms with Crippen molar-refractivity contribution in [2.75, 3.05) is 43.9 Å². The van der Waals surface area contributed by atoms with Crippen LogP contribution < -0.4 is 16.2 Å². The number of H-pyrrole nitrogens is 1. The van der Waals surface area contributed by atoms with Gasteiger partial charge in [-0.15, -0.1) is 10.3 Å². The molecular weight excluding hydrogens is 576 g/mol. The monoisotopic (exact) mass is 613 g/mol. The van der Waals surface area contributed by atoms with Gasteiger partial charge in [-0.05, 0) is 83.9 Å². The van der Waals surface area contributed by atoms with E-state index in [0.717, 1.165) is 28.9 Å². The van der Waals surface area contributed by atoms with E-state index in [1.54, 1.807) is 37.6 Å². The fraction of sp³-hybridized carbons (Fsp3) is 0.355. The molecule has 2 fully saturated rings. The summed E-state index contributed by atoms with van der Waals surface area (Å²) in [5.74, 6) is -3.20. The number of pyridine rings is 1. The van der Waals surface area contributed by atoms with E-state index >= 15 is 0 Å². The molecule has 0 radical (unpaired) electrons. The zero-order valence-electron chi connectivity index (χ0n) is 24.1. The van der Waals surface area contributed by atoms with Crippen LogP contribution in [0.2, 0.25) is 0 Å². The van der Waals surface area contributed by atoms with E-state index in [-0.39, 0.29) is 25.5 Å². The van der Waals surface area contributed by atoms with Crippen LogP contribution in [-0.4, -0.2) is 66.2 Å². The molecule has 2 aromatic carbocycles. The van der Waals surface area contributed by atoms with Crippen molar-refractivity contribution in [3.8, 4) is 17.2 Å². The number of hydrogen-bond acceptors (Lipinski definition) is 6. The summed E-state index contributed by atoms with van der Waals surface area (Å²) in [6, 6.07) is 13.6. The Bertz CT molecular complexity index is 1680. The smallest absolute Gasteiger partial charge is 0.282 e. The van der Waals surface area contributed by atoms with Gasteiger partial charge in [0.2, 0.25) is 0 Å². The van der Waals surface area contributed by atoms with Crippen molar-refractivity contribution in [2.24, 2.45) is 0 Å². The summed E-state index contributed by atoms with van der Waals surface area (Å²) in [7, 11) is 0.409. The van der Waals surface area contributed by atoms with Gasteiger partial charge < -0.3 is 24.7 Å². The molecule has 1 aliphatic heterocycles. The third-order valence-electron chi connectivity index (χ3n) is 7.52. The van der Waals surface area contributed by atoms with Gasteiger partial charge in [-0.1, -0.05) is 12.1 Å². The van der Waals surface area contributed by atoms with E-state index in [1.165, 1.54) is 6.07 Å². The van der Waals surface area contributed by atoms with Crippen molar-refractivity contribution in [3.63, 3.8) is 0 Å². The van der Waals surface area contributed by atoms with Crippen LogP contribution in [0, 0.1) is 11.3 Å². The highest BCUT2D eigenvalue weighted by Gasteiger charge is 2.46. The SMILES string of the molecule is COS(C)(C)CNCc1c[nH]c(=O)c(C(=O)Nc2cc(-c3ccc(C#N)cc3C(=O)N3CC(F)(F)C3)cc(C3CC3)c2)c1.[HH].[HH]. The normalized spacial score (nSPS) is 16.2. The van der Waals surface area contributed by atoms with E-state index < -0.39 is 46.7 Å². The first-order valence-corrected chi connectivity index (χ1v) is 16.3. The third kappa shape index (κ3) is 7.13.